The Morgan fingerprint density at radius 2 is 1.03 bits per heavy atom. The quantitative estimate of drug-likeness (QED) is 0.0740. The van der Waals surface area contributed by atoms with Crippen LogP contribution in [0.1, 0.15) is 47.5 Å². The molecule has 0 aliphatic rings. The predicted molar refractivity (Wildman–Crippen MR) is 220 cm³/mol. The summed E-state index contributed by atoms with van der Waals surface area (Å²) < 4.78 is 109. The van der Waals surface area contributed by atoms with Crippen molar-refractivity contribution in [1.29, 1.82) is 0 Å². The molecule has 1 N–H and O–H groups in total. The van der Waals surface area contributed by atoms with E-state index in [0.29, 0.717) is 35.4 Å². The van der Waals surface area contributed by atoms with Gasteiger partial charge in [0.2, 0.25) is 0 Å². The van der Waals surface area contributed by atoms with Crippen LogP contribution in [0.3, 0.4) is 0 Å². The first-order valence-corrected chi connectivity index (χ1v) is 19.9. The number of alkyl halides is 4. The number of hydrogen-bond donors (Lipinski definition) is 1. The number of pyridine rings is 2. The Labute approximate surface area is 362 Å². The number of hydrogen-bond acceptors (Lipinski definition) is 9. The number of carbonyl (C=O) groups is 2. The highest BCUT2D eigenvalue weighted by Gasteiger charge is 2.26. The lowest BCUT2D eigenvalue weighted by Gasteiger charge is -2.19. The Morgan fingerprint density at radius 1 is 0.639 bits per heavy atom. The lowest BCUT2D eigenvalue weighted by molar-refractivity contribution is -0.143. The number of esters is 1. The van der Waals surface area contributed by atoms with Gasteiger partial charge in [0.1, 0.15) is 45.7 Å². The third kappa shape index (κ3) is 11.8. The first-order chi connectivity index (χ1) is 29.1. The predicted octanol–water partition coefficient (Wildman–Crippen LogP) is 10.8. The van der Waals surface area contributed by atoms with Crippen LogP contribution >= 0.6 is 31.9 Å². The van der Waals surface area contributed by atoms with Gasteiger partial charge in [-0.15, -0.1) is 0 Å². The Hall–Kier alpha value is -5.62. The van der Waals surface area contributed by atoms with E-state index >= 15 is 0 Å². The number of aryl methyl sites for hydroxylation is 2. The summed E-state index contributed by atoms with van der Waals surface area (Å²) in [5.41, 5.74) is 2.82. The van der Waals surface area contributed by atoms with Gasteiger partial charge in [-0.25, -0.2) is 28.3 Å². The van der Waals surface area contributed by atoms with Crippen molar-refractivity contribution in [1.82, 2.24) is 9.97 Å². The minimum absolute atomic E-state index is 0.00957. The second-order valence-corrected chi connectivity index (χ2v) is 14.7. The first kappa shape index (κ1) is 46.4. The van der Waals surface area contributed by atoms with Crippen molar-refractivity contribution in [3.8, 4) is 23.0 Å². The van der Waals surface area contributed by atoms with Gasteiger partial charge in [0.15, 0.2) is 13.2 Å². The van der Waals surface area contributed by atoms with Gasteiger partial charge < -0.3 is 28.8 Å². The fourth-order valence-electron chi connectivity index (χ4n) is 6.30. The summed E-state index contributed by atoms with van der Waals surface area (Å²) in [5, 5.41) is 8.71. The summed E-state index contributed by atoms with van der Waals surface area (Å²) in [5.74, 6) is -4.02. The zero-order valence-electron chi connectivity index (χ0n) is 32.5. The molecule has 0 bridgehead atoms. The van der Waals surface area contributed by atoms with Gasteiger partial charge in [-0.1, -0.05) is 70.0 Å². The molecule has 0 unspecified atom stereocenters. The molecule has 2 aromatic heterocycles. The van der Waals surface area contributed by atoms with E-state index in [1.807, 2.05) is 48.5 Å². The van der Waals surface area contributed by atoms with E-state index in [2.05, 4.69) is 46.6 Å². The number of carboxylic acids is 1. The minimum Gasteiger partial charge on any atom is -0.481 e. The van der Waals surface area contributed by atoms with Gasteiger partial charge in [-0.3, -0.25) is 0 Å². The first-order valence-electron chi connectivity index (χ1n) is 18.3. The van der Waals surface area contributed by atoms with Crippen molar-refractivity contribution >= 4 is 65.6 Å². The number of methoxy groups -OCH3 is 1. The lowest BCUT2D eigenvalue weighted by atomic mass is 9.98. The summed E-state index contributed by atoms with van der Waals surface area (Å²) in [6.07, 6.45) is 1.15. The number of ether oxygens (including phenoxy) is 5. The zero-order chi connectivity index (χ0) is 44.4. The average molecular weight is 983 g/mol. The Morgan fingerprint density at radius 3 is 1.38 bits per heavy atom. The van der Waals surface area contributed by atoms with Gasteiger partial charge in [-0.2, -0.15) is 17.6 Å². The van der Waals surface area contributed by atoms with Crippen molar-refractivity contribution in [2.24, 2.45) is 0 Å². The van der Waals surface area contributed by atoms with Crippen molar-refractivity contribution in [3.05, 3.63) is 127 Å². The molecule has 4 aromatic carbocycles. The Kier molecular flexibility index (Phi) is 16.2. The van der Waals surface area contributed by atoms with Crippen LogP contribution < -0.4 is 18.9 Å². The van der Waals surface area contributed by atoms with E-state index in [1.54, 1.807) is 13.8 Å². The standard InChI is InChI=1S/C22H19BrF3NO4.C21H17BrF3NO4/c1-3-16-14(10-12-4-6-13(23)7-5-12)21(31-22(25)26)19-17(30-11-18(28)29-2)9-8-15(24)20(19)27-16;1-2-15-13(9-11-3-5-12(22)6-4-11)20(30-21(24)25)18-16(29-10-17(27)28)8-7-14(23)19(18)26-15/h4-9,22H,3,10-11H2,1-2H3;3-8,21H,2,9-10H2,1H3,(H,27,28). The minimum atomic E-state index is -3.18. The van der Waals surface area contributed by atoms with Crippen LogP contribution in [0.4, 0.5) is 26.3 Å². The van der Waals surface area contributed by atoms with E-state index < -0.39 is 50.0 Å². The fourth-order valence-corrected chi connectivity index (χ4v) is 6.83. The Bertz CT molecular complexity index is 2510. The topological polar surface area (TPSA) is 126 Å². The van der Waals surface area contributed by atoms with Gasteiger partial charge >= 0.3 is 25.2 Å². The molecule has 10 nitrogen and oxygen atoms in total. The highest BCUT2D eigenvalue weighted by molar-refractivity contribution is 9.10. The molecule has 0 spiro atoms. The molecule has 0 radical (unpaired) electrons. The molecular formula is C43H36Br2F6N2O8. The maximum atomic E-state index is 14.6. The molecule has 0 saturated carbocycles. The lowest BCUT2D eigenvalue weighted by Crippen LogP contribution is -2.14. The molecular weight excluding hydrogens is 946 g/mol. The number of carbonyl (C=O) groups excluding carboxylic acids is 1. The number of carboxylic acid groups (broad SMARTS) is 1. The second-order valence-electron chi connectivity index (χ2n) is 12.9. The van der Waals surface area contributed by atoms with E-state index in [9.17, 15) is 35.9 Å². The second kappa shape index (κ2) is 21.3. The average Bonchev–Trinajstić information content (AvgIpc) is 3.23. The molecule has 6 aromatic rings. The maximum Gasteiger partial charge on any atom is 0.387 e. The molecule has 0 aliphatic heterocycles. The van der Waals surface area contributed by atoms with Crippen LogP contribution in [0.2, 0.25) is 0 Å². The molecule has 0 saturated heterocycles. The van der Waals surface area contributed by atoms with Crippen LogP contribution in [-0.2, 0) is 40.0 Å². The van der Waals surface area contributed by atoms with Crippen LogP contribution in [-0.4, -0.2) is 60.6 Å². The van der Waals surface area contributed by atoms with Gasteiger partial charge in [0, 0.05) is 44.3 Å². The smallest absolute Gasteiger partial charge is 0.387 e. The monoisotopic (exact) mass is 980 g/mol. The van der Waals surface area contributed by atoms with Crippen LogP contribution in [0.15, 0.2) is 81.7 Å². The molecule has 0 amide bonds. The summed E-state index contributed by atoms with van der Waals surface area (Å²) >= 11 is 6.70. The third-order valence-electron chi connectivity index (χ3n) is 8.97. The maximum absolute atomic E-state index is 14.6. The van der Waals surface area contributed by atoms with E-state index in [1.165, 1.54) is 19.2 Å². The number of aliphatic carboxylic acids is 1. The Balaban J connectivity index is 0.000000231. The number of aromatic nitrogens is 2. The number of fused-ring (bicyclic) bond motifs is 2. The largest absolute Gasteiger partial charge is 0.481 e. The highest BCUT2D eigenvalue weighted by atomic mass is 79.9. The van der Waals surface area contributed by atoms with E-state index in [4.69, 9.17) is 24.1 Å². The van der Waals surface area contributed by atoms with Crippen LogP contribution in [0.25, 0.3) is 21.8 Å². The van der Waals surface area contributed by atoms with E-state index in [-0.39, 0.29) is 57.6 Å². The molecule has 6 rings (SSSR count). The summed E-state index contributed by atoms with van der Waals surface area (Å²) in [6.45, 7) is -3.99. The number of halogens is 8. The highest BCUT2D eigenvalue weighted by Crippen LogP contribution is 2.42. The summed E-state index contributed by atoms with van der Waals surface area (Å²) in [7, 11) is 1.19. The molecule has 61 heavy (non-hydrogen) atoms. The van der Waals surface area contributed by atoms with Crippen LogP contribution in [0.5, 0.6) is 23.0 Å². The molecule has 322 valence electrons. The molecule has 2 heterocycles. The zero-order valence-corrected chi connectivity index (χ0v) is 35.7. The third-order valence-corrected chi connectivity index (χ3v) is 10.0. The SMILES string of the molecule is CCc1nc2c(F)ccc(OCC(=O)O)c2c(OC(F)F)c1Cc1ccc(Br)cc1.CCc1nc2c(F)ccc(OCC(=O)OC)c2c(OC(F)F)c1Cc1ccc(Br)cc1. The summed E-state index contributed by atoms with van der Waals surface area (Å²) in [4.78, 5) is 31.1. The normalized spacial score (nSPS) is 11.1. The van der Waals surface area contributed by atoms with Gasteiger partial charge in [0.05, 0.1) is 17.9 Å². The van der Waals surface area contributed by atoms with Crippen molar-refractivity contribution < 1.29 is 64.7 Å². The van der Waals surface area contributed by atoms with Crippen molar-refractivity contribution in [3.63, 3.8) is 0 Å². The summed E-state index contributed by atoms with van der Waals surface area (Å²) in [6, 6.07) is 19.1. The van der Waals surface area contributed by atoms with E-state index in [0.717, 1.165) is 32.2 Å². The van der Waals surface area contributed by atoms with Crippen molar-refractivity contribution in [2.45, 2.75) is 52.8 Å². The van der Waals surface area contributed by atoms with Crippen molar-refractivity contribution in [2.75, 3.05) is 20.3 Å². The number of benzene rings is 4. The van der Waals surface area contributed by atoms with Gasteiger partial charge in [0.25, 0.3) is 0 Å². The number of rotatable bonds is 16. The van der Waals surface area contributed by atoms with Crippen LogP contribution in [0, 0.1) is 11.6 Å². The molecule has 0 atom stereocenters. The molecule has 0 aliphatic carbocycles. The molecule has 18 heteroatoms. The number of nitrogens with zero attached hydrogens (tertiary/aromatic N) is 2. The molecule has 0 fully saturated rings. The van der Waals surface area contributed by atoms with Gasteiger partial charge in [-0.05, 0) is 72.5 Å². The fraction of sp³-hybridized carbons (Fsp3) is 0.256.